The number of amides is 2. The van der Waals surface area contributed by atoms with Gasteiger partial charge >= 0.3 is 12.0 Å². The van der Waals surface area contributed by atoms with Crippen LogP contribution in [0.2, 0.25) is 0 Å². The zero-order valence-corrected chi connectivity index (χ0v) is 8.09. The highest BCUT2D eigenvalue weighted by atomic mass is 16.4. The van der Waals surface area contributed by atoms with E-state index in [1.54, 1.807) is 0 Å². The van der Waals surface area contributed by atoms with E-state index in [1.807, 2.05) is 0 Å². The van der Waals surface area contributed by atoms with Crippen molar-refractivity contribution < 1.29 is 24.9 Å². The van der Waals surface area contributed by atoms with Gasteiger partial charge in [0, 0.05) is 13.1 Å². The largest absolute Gasteiger partial charge is 0.480 e. The molecular weight excluding hydrogens is 204 g/mol. The fraction of sp³-hybridized carbons (Fsp3) is 0.750. The summed E-state index contributed by atoms with van der Waals surface area (Å²) in [7, 11) is 0. The van der Waals surface area contributed by atoms with Gasteiger partial charge in [-0.25, -0.2) is 9.59 Å². The molecular formula is C8H14N2O5. The fourth-order valence-corrected chi connectivity index (χ4v) is 1.35. The second-order valence-electron chi connectivity index (χ2n) is 3.41. The van der Waals surface area contributed by atoms with Gasteiger partial charge in [0.15, 0.2) is 6.04 Å². The van der Waals surface area contributed by atoms with Crippen LogP contribution in [-0.2, 0) is 4.79 Å². The van der Waals surface area contributed by atoms with Gasteiger partial charge in [-0.2, -0.15) is 0 Å². The zero-order valence-electron chi connectivity index (χ0n) is 8.09. The minimum atomic E-state index is -1.30. The number of carbonyl (C=O) groups excluding carboxylic acids is 1. The number of urea groups is 1. The fourth-order valence-electron chi connectivity index (χ4n) is 1.35. The SMILES string of the molecule is O=C(O)[C@H](CO)NC(=O)N1CCC(O)C1. The Morgan fingerprint density at radius 1 is 1.53 bits per heavy atom. The normalized spacial score (nSPS) is 22.5. The number of rotatable bonds is 3. The maximum absolute atomic E-state index is 11.4. The number of likely N-dealkylation sites (tertiary alicyclic amines) is 1. The maximum atomic E-state index is 11.4. The summed E-state index contributed by atoms with van der Waals surface area (Å²) >= 11 is 0. The molecule has 4 N–H and O–H groups in total. The Hall–Kier alpha value is -1.34. The van der Waals surface area contributed by atoms with Crippen LogP contribution in [0.1, 0.15) is 6.42 Å². The molecule has 1 aliphatic heterocycles. The quantitative estimate of drug-likeness (QED) is 0.447. The Balaban J connectivity index is 2.44. The molecule has 0 aromatic heterocycles. The number of nitrogens with zero attached hydrogens (tertiary/aromatic N) is 1. The first-order chi connectivity index (χ1) is 7.04. The second kappa shape index (κ2) is 4.94. The number of hydrogen-bond acceptors (Lipinski definition) is 4. The predicted octanol–water partition coefficient (Wildman–Crippen LogP) is -1.79. The van der Waals surface area contributed by atoms with Crippen LogP contribution in [0.3, 0.4) is 0 Å². The number of carboxylic acid groups (broad SMARTS) is 1. The number of carboxylic acids is 1. The zero-order chi connectivity index (χ0) is 11.4. The van der Waals surface area contributed by atoms with Crippen molar-refractivity contribution >= 4 is 12.0 Å². The number of aliphatic hydroxyl groups excluding tert-OH is 2. The standard InChI is InChI=1S/C8H14N2O5/c11-4-6(7(13)14)9-8(15)10-2-1-5(12)3-10/h5-6,11-12H,1-4H2,(H,9,15)(H,13,14)/t5?,6-/m0/s1. The molecule has 7 nitrogen and oxygen atoms in total. The van der Waals surface area contributed by atoms with Gasteiger partial charge in [0.2, 0.25) is 0 Å². The summed E-state index contributed by atoms with van der Waals surface area (Å²) in [4.78, 5) is 23.2. The lowest BCUT2D eigenvalue weighted by Crippen LogP contribution is -2.49. The lowest BCUT2D eigenvalue weighted by atomic mass is 10.3. The molecule has 0 saturated carbocycles. The average Bonchev–Trinajstić information content (AvgIpc) is 2.60. The Kier molecular flexibility index (Phi) is 3.87. The van der Waals surface area contributed by atoms with E-state index in [4.69, 9.17) is 15.3 Å². The summed E-state index contributed by atoms with van der Waals surface area (Å²) in [6, 6.07) is -1.87. The van der Waals surface area contributed by atoms with Crippen LogP contribution in [0.15, 0.2) is 0 Å². The minimum Gasteiger partial charge on any atom is -0.480 e. The van der Waals surface area contributed by atoms with E-state index in [1.165, 1.54) is 4.90 Å². The van der Waals surface area contributed by atoms with E-state index in [9.17, 15) is 9.59 Å². The molecule has 0 bridgehead atoms. The summed E-state index contributed by atoms with van der Waals surface area (Å²) in [5.41, 5.74) is 0. The molecule has 1 rings (SSSR count). The van der Waals surface area contributed by atoms with Crippen molar-refractivity contribution in [3.05, 3.63) is 0 Å². The number of nitrogens with one attached hydrogen (secondary N) is 1. The number of carbonyl (C=O) groups is 2. The molecule has 2 atom stereocenters. The highest BCUT2D eigenvalue weighted by Gasteiger charge is 2.27. The number of aliphatic carboxylic acids is 1. The third kappa shape index (κ3) is 3.07. The predicted molar refractivity (Wildman–Crippen MR) is 49.2 cm³/mol. The van der Waals surface area contributed by atoms with Crippen LogP contribution < -0.4 is 5.32 Å². The number of hydrogen-bond donors (Lipinski definition) is 4. The number of aliphatic hydroxyl groups is 2. The second-order valence-corrected chi connectivity index (χ2v) is 3.41. The van der Waals surface area contributed by atoms with Crippen LogP contribution >= 0.6 is 0 Å². The number of β-amino-alcohol motifs (C(OH)–C–C–N with tert-alkyl or cyclic N) is 1. The molecule has 0 aromatic rings. The molecule has 0 radical (unpaired) electrons. The third-order valence-corrected chi connectivity index (χ3v) is 2.23. The van der Waals surface area contributed by atoms with Gasteiger partial charge in [0.05, 0.1) is 12.7 Å². The molecule has 1 saturated heterocycles. The van der Waals surface area contributed by atoms with Crippen molar-refractivity contribution in [2.75, 3.05) is 19.7 Å². The van der Waals surface area contributed by atoms with Crippen LogP contribution in [0.5, 0.6) is 0 Å². The van der Waals surface area contributed by atoms with E-state index < -0.39 is 30.8 Å². The van der Waals surface area contributed by atoms with Gasteiger partial charge in [0.1, 0.15) is 0 Å². The summed E-state index contributed by atoms with van der Waals surface area (Å²) in [5.74, 6) is -1.29. The average molecular weight is 218 g/mol. The first-order valence-electron chi connectivity index (χ1n) is 4.61. The Labute approximate surface area is 86.3 Å². The van der Waals surface area contributed by atoms with Crippen molar-refractivity contribution in [3.8, 4) is 0 Å². The first kappa shape index (κ1) is 11.7. The topological polar surface area (TPSA) is 110 Å². The van der Waals surface area contributed by atoms with Gasteiger partial charge in [-0.15, -0.1) is 0 Å². The smallest absolute Gasteiger partial charge is 0.328 e. The van der Waals surface area contributed by atoms with Gasteiger partial charge in [-0.1, -0.05) is 0 Å². The summed E-state index contributed by atoms with van der Waals surface area (Å²) in [6.45, 7) is -0.0637. The molecule has 0 aliphatic carbocycles. The Bertz CT molecular complexity index is 257. The minimum absolute atomic E-state index is 0.198. The van der Waals surface area contributed by atoms with Crippen LogP contribution in [0, 0.1) is 0 Å². The first-order valence-corrected chi connectivity index (χ1v) is 4.61. The summed E-state index contributed by atoms with van der Waals surface area (Å²) < 4.78 is 0. The van der Waals surface area contributed by atoms with Crippen molar-refractivity contribution in [3.63, 3.8) is 0 Å². The lowest BCUT2D eigenvalue weighted by molar-refractivity contribution is -0.140. The summed E-state index contributed by atoms with van der Waals surface area (Å²) in [6.07, 6.45) is -0.0576. The van der Waals surface area contributed by atoms with Crippen molar-refractivity contribution in [1.82, 2.24) is 10.2 Å². The van der Waals surface area contributed by atoms with Crippen LogP contribution in [-0.4, -0.2) is 64.1 Å². The van der Waals surface area contributed by atoms with E-state index in [0.29, 0.717) is 13.0 Å². The molecule has 1 unspecified atom stereocenters. The highest BCUT2D eigenvalue weighted by molar-refractivity contribution is 5.82. The van der Waals surface area contributed by atoms with E-state index in [-0.39, 0.29) is 6.54 Å². The molecule has 1 fully saturated rings. The van der Waals surface area contributed by atoms with Gasteiger partial charge in [-0.05, 0) is 6.42 Å². The molecule has 0 spiro atoms. The van der Waals surface area contributed by atoms with Crippen molar-refractivity contribution in [1.29, 1.82) is 0 Å². The Morgan fingerprint density at radius 2 is 2.20 bits per heavy atom. The molecule has 1 heterocycles. The van der Waals surface area contributed by atoms with E-state index in [2.05, 4.69) is 5.32 Å². The van der Waals surface area contributed by atoms with Gasteiger partial charge < -0.3 is 25.5 Å². The van der Waals surface area contributed by atoms with Crippen molar-refractivity contribution in [2.24, 2.45) is 0 Å². The molecule has 2 amide bonds. The van der Waals surface area contributed by atoms with E-state index in [0.717, 1.165) is 0 Å². The molecule has 1 aliphatic rings. The monoisotopic (exact) mass is 218 g/mol. The lowest BCUT2D eigenvalue weighted by Gasteiger charge is -2.19. The third-order valence-electron chi connectivity index (χ3n) is 2.23. The molecule has 0 aromatic carbocycles. The maximum Gasteiger partial charge on any atom is 0.328 e. The van der Waals surface area contributed by atoms with Crippen LogP contribution in [0.4, 0.5) is 4.79 Å². The Morgan fingerprint density at radius 3 is 2.60 bits per heavy atom. The van der Waals surface area contributed by atoms with Gasteiger partial charge in [0.25, 0.3) is 0 Å². The van der Waals surface area contributed by atoms with Crippen molar-refractivity contribution in [2.45, 2.75) is 18.6 Å². The van der Waals surface area contributed by atoms with E-state index >= 15 is 0 Å². The highest BCUT2D eigenvalue weighted by Crippen LogP contribution is 2.08. The molecule has 86 valence electrons. The molecule has 7 heteroatoms. The van der Waals surface area contributed by atoms with Crippen LogP contribution in [0.25, 0.3) is 0 Å². The van der Waals surface area contributed by atoms with Gasteiger partial charge in [-0.3, -0.25) is 0 Å². The summed E-state index contributed by atoms with van der Waals surface area (Å²) in [5, 5.41) is 28.6. The molecule has 15 heavy (non-hydrogen) atoms.